The van der Waals surface area contributed by atoms with Gasteiger partial charge in [0.1, 0.15) is 24.4 Å². The third-order valence-electron chi connectivity index (χ3n) is 4.75. The lowest BCUT2D eigenvalue weighted by atomic mass is 10.2. The number of aromatic nitrogens is 2. The van der Waals surface area contributed by atoms with E-state index >= 15 is 0 Å². The quantitative estimate of drug-likeness (QED) is 0.334. The van der Waals surface area contributed by atoms with Gasteiger partial charge in [-0.25, -0.2) is 9.97 Å². The second-order valence-electron chi connectivity index (χ2n) is 7.41. The number of carbonyl (C=O) groups is 1. The lowest BCUT2D eigenvalue weighted by molar-refractivity contribution is 0.0992. The van der Waals surface area contributed by atoms with Gasteiger partial charge < -0.3 is 19.2 Å². The molecule has 2 heterocycles. The first-order valence-electron chi connectivity index (χ1n) is 10.4. The standard InChI is InChI=1S/C24H22N4O6S/c1-16-4-3-5-19(12-16)33-14-20-10-11-21(34-20)24(29)27-17-6-8-18(9-7-17)28-35(30,31)23-13-22(32-2)25-15-26-23/h3-13,15,28H,14H2,1-2H3,(H,27,29). The number of aryl methyl sites for hydroxylation is 1. The molecule has 0 saturated carbocycles. The minimum Gasteiger partial charge on any atom is -0.486 e. The number of amides is 1. The number of methoxy groups -OCH3 is 1. The van der Waals surface area contributed by atoms with Crippen molar-refractivity contribution in [2.45, 2.75) is 18.6 Å². The summed E-state index contributed by atoms with van der Waals surface area (Å²) in [6, 6.07) is 18.2. The Kier molecular flexibility index (Phi) is 6.97. The smallest absolute Gasteiger partial charge is 0.291 e. The average molecular weight is 495 g/mol. The lowest BCUT2D eigenvalue weighted by Gasteiger charge is -2.09. The van der Waals surface area contributed by atoms with E-state index in [1.807, 2.05) is 31.2 Å². The number of sulfonamides is 1. The minimum absolute atomic E-state index is 0.121. The first-order valence-corrected chi connectivity index (χ1v) is 11.9. The van der Waals surface area contributed by atoms with E-state index in [0.717, 1.165) is 11.9 Å². The molecule has 0 spiro atoms. The van der Waals surface area contributed by atoms with Crippen molar-refractivity contribution in [3.8, 4) is 11.6 Å². The Labute approximate surface area is 202 Å². The lowest BCUT2D eigenvalue weighted by Crippen LogP contribution is -2.15. The predicted octanol–water partition coefficient (Wildman–Crippen LogP) is 4.02. The molecule has 4 rings (SSSR count). The molecule has 0 aliphatic rings. The summed E-state index contributed by atoms with van der Waals surface area (Å²) < 4.78 is 43.7. The number of hydrogen-bond acceptors (Lipinski definition) is 8. The van der Waals surface area contributed by atoms with Crippen LogP contribution in [0.1, 0.15) is 21.9 Å². The molecule has 2 aromatic carbocycles. The van der Waals surface area contributed by atoms with E-state index in [2.05, 4.69) is 20.0 Å². The third kappa shape index (κ3) is 6.15. The monoisotopic (exact) mass is 494 g/mol. The summed E-state index contributed by atoms with van der Waals surface area (Å²) in [4.78, 5) is 20.1. The number of ether oxygens (including phenoxy) is 2. The van der Waals surface area contributed by atoms with Crippen molar-refractivity contribution in [1.29, 1.82) is 0 Å². The Morgan fingerprint density at radius 2 is 1.77 bits per heavy atom. The molecule has 2 N–H and O–H groups in total. The molecule has 180 valence electrons. The fraction of sp³-hybridized carbons (Fsp3) is 0.125. The number of furan rings is 1. The van der Waals surface area contributed by atoms with Gasteiger partial charge in [-0.15, -0.1) is 0 Å². The van der Waals surface area contributed by atoms with Crippen LogP contribution in [0, 0.1) is 6.92 Å². The maximum Gasteiger partial charge on any atom is 0.291 e. The van der Waals surface area contributed by atoms with Gasteiger partial charge >= 0.3 is 0 Å². The summed E-state index contributed by atoms with van der Waals surface area (Å²) in [6.07, 6.45) is 1.10. The van der Waals surface area contributed by atoms with Crippen molar-refractivity contribution in [3.05, 3.63) is 90.1 Å². The fourth-order valence-electron chi connectivity index (χ4n) is 3.04. The number of hydrogen-bond donors (Lipinski definition) is 2. The van der Waals surface area contributed by atoms with Gasteiger partial charge in [-0.3, -0.25) is 9.52 Å². The maximum atomic E-state index is 12.5. The second kappa shape index (κ2) is 10.3. The summed E-state index contributed by atoms with van der Waals surface area (Å²) in [5, 5.41) is 2.47. The highest BCUT2D eigenvalue weighted by molar-refractivity contribution is 7.92. The highest BCUT2D eigenvalue weighted by Gasteiger charge is 2.18. The van der Waals surface area contributed by atoms with Crippen LogP contribution in [0.15, 0.2) is 82.5 Å². The highest BCUT2D eigenvalue weighted by Crippen LogP contribution is 2.20. The second-order valence-corrected chi connectivity index (χ2v) is 9.04. The molecule has 0 unspecified atom stereocenters. The van der Waals surface area contributed by atoms with Crippen LogP contribution in [0.4, 0.5) is 11.4 Å². The molecule has 0 fully saturated rings. The van der Waals surface area contributed by atoms with Gasteiger partial charge in [0, 0.05) is 17.4 Å². The summed E-state index contributed by atoms with van der Waals surface area (Å²) in [7, 11) is -2.57. The van der Waals surface area contributed by atoms with Crippen LogP contribution in [0.3, 0.4) is 0 Å². The Bertz CT molecular complexity index is 1430. The topological polar surface area (TPSA) is 133 Å². The molecule has 0 saturated heterocycles. The van der Waals surface area contributed by atoms with Crippen molar-refractivity contribution in [3.63, 3.8) is 0 Å². The fourth-order valence-corrected chi connectivity index (χ4v) is 4.03. The number of carbonyl (C=O) groups excluding carboxylic acids is 1. The van der Waals surface area contributed by atoms with Gasteiger partial charge in [-0.05, 0) is 61.0 Å². The van der Waals surface area contributed by atoms with E-state index in [-0.39, 0.29) is 29.0 Å². The van der Waals surface area contributed by atoms with E-state index in [4.69, 9.17) is 13.9 Å². The van der Waals surface area contributed by atoms with Gasteiger partial charge in [0.15, 0.2) is 10.8 Å². The summed E-state index contributed by atoms with van der Waals surface area (Å²) >= 11 is 0. The van der Waals surface area contributed by atoms with Crippen molar-refractivity contribution >= 4 is 27.3 Å². The summed E-state index contributed by atoms with van der Waals surface area (Å²) in [5.41, 5.74) is 1.82. The van der Waals surface area contributed by atoms with E-state index in [9.17, 15) is 13.2 Å². The van der Waals surface area contributed by atoms with Gasteiger partial charge in [0.2, 0.25) is 5.88 Å². The number of nitrogens with zero attached hydrogens (tertiary/aromatic N) is 2. The van der Waals surface area contributed by atoms with Crippen LogP contribution in [-0.4, -0.2) is 31.4 Å². The molecular weight excluding hydrogens is 472 g/mol. The molecular formula is C24H22N4O6S. The Balaban J connectivity index is 1.35. The Morgan fingerprint density at radius 3 is 2.51 bits per heavy atom. The molecule has 11 heteroatoms. The zero-order chi connectivity index (χ0) is 24.8. The molecule has 0 bridgehead atoms. The van der Waals surface area contributed by atoms with E-state index in [1.54, 1.807) is 24.3 Å². The highest BCUT2D eigenvalue weighted by atomic mass is 32.2. The zero-order valence-corrected chi connectivity index (χ0v) is 19.7. The number of nitrogens with one attached hydrogen (secondary N) is 2. The molecule has 0 atom stereocenters. The first kappa shape index (κ1) is 23.8. The summed E-state index contributed by atoms with van der Waals surface area (Å²) in [6.45, 7) is 2.16. The largest absolute Gasteiger partial charge is 0.486 e. The van der Waals surface area contributed by atoms with Gasteiger partial charge in [0.05, 0.1) is 7.11 Å². The van der Waals surface area contributed by atoms with Crippen LogP contribution in [0.5, 0.6) is 11.6 Å². The van der Waals surface area contributed by atoms with Crippen molar-refractivity contribution in [2.75, 3.05) is 17.1 Å². The number of anilines is 2. The molecule has 2 aromatic heterocycles. The van der Waals surface area contributed by atoms with Crippen LogP contribution < -0.4 is 19.5 Å². The third-order valence-corrected chi connectivity index (χ3v) is 6.03. The molecule has 10 nitrogen and oxygen atoms in total. The first-order chi connectivity index (χ1) is 16.8. The van der Waals surface area contributed by atoms with E-state index in [1.165, 1.54) is 25.3 Å². The van der Waals surface area contributed by atoms with Crippen molar-refractivity contribution in [2.24, 2.45) is 0 Å². The van der Waals surface area contributed by atoms with Crippen LogP contribution in [0.25, 0.3) is 0 Å². The van der Waals surface area contributed by atoms with E-state index < -0.39 is 15.9 Å². The maximum absolute atomic E-state index is 12.5. The normalized spacial score (nSPS) is 11.0. The molecule has 1 amide bonds. The van der Waals surface area contributed by atoms with Crippen LogP contribution in [-0.2, 0) is 16.6 Å². The zero-order valence-electron chi connectivity index (χ0n) is 18.9. The van der Waals surface area contributed by atoms with Gasteiger partial charge in [-0.1, -0.05) is 12.1 Å². The van der Waals surface area contributed by atoms with Crippen molar-refractivity contribution < 1.29 is 27.1 Å². The Hall–Kier alpha value is -4.38. The van der Waals surface area contributed by atoms with Crippen LogP contribution in [0.2, 0.25) is 0 Å². The molecule has 0 radical (unpaired) electrons. The SMILES string of the molecule is COc1cc(S(=O)(=O)Nc2ccc(NC(=O)c3ccc(COc4cccc(C)c4)o3)cc2)ncn1. The summed E-state index contributed by atoms with van der Waals surface area (Å²) in [5.74, 6) is 1.01. The van der Waals surface area contributed by atoms with Gasteiger partial charge in [0.25, 0.3) is 15.9 Å². The average Bonchev–Trinajstić information content (AvgIpc) is 3.33. The number of rotatable bonds is 9. The Morgan fingerprint density at radius 1 is 1.00 bits per heavy atom. The van der Waals surface area contributed by atoms with E-state index in [0.29, 0.717) is 17.2 Å². The van der Waals surface area contributed by atoms with Crippen LogP contribution >= 0.6 is 0 Å². The number of benzene rings is 2. The van der Waals surface area contributed by atoms with Crippen molar-refractivity contribution in [1.82, 2.24) is 9.97 Å². The molecule has 0 aliphatic carbocycles. The predicted molar refractivity (Wildman–Crippen MR) is 128 cm³/mol. The molecule has 35 heavy (non-hydrogen) atoms. The van der Waals surface area contributed by atoms with Gasteiger partial charge in [-0.2, -0.15) is 8.42 Å². The minimum atomic E-state index is -3.95. The molecule has 0 aliphatic heterocycles. The molecule has 4 aromatic rings.